The Bertz CT molecular complexity index is 1040. The average molecular weight is 482 g/mol. The zero-order chi connectivity index (χ0) is 23.9. The van der Waals surface area contributed by atoms with Crippen LogP contribution in [0, 0.1) is 23.2 Å². The topological polar surface area (TPSA) is 80.3 Å². The lowest BCUT2D eigenvalue weighted by molar-refractivity contribution is -0.152. The van der Waals surface area contributed by atoms with Gasteiger partial charge in [-0.2, -0.15) is 0 Å². The molecule has 2 amide bonds. The highest BCUT2D eigenvalue weighted by Gasteiger charge is 2.59. The van der Waals surface area contributed by atoms with Crippen molar-refractivity contribution < 1.29 is 14.3 Å². The van der Waals surface area contributed by atoms with Gasteiger partial charge in [-0.05, 0) is 106 Å². The molecule has 34 heavy (non-hydrogen) atoms. The second kappa shape index (κ2) is 8.88. The Kier molecular flexibility index (Phi) is 6.05. The first-order chi connectivity index (χ1) is 16.2. The molecule has 180 valence electrons. The van der Waals surface area contributed by atoms with Crippen molar-refractivity contribution in [3.63, 3.8) is 0 Å². The Balaban J connectivity index is 1.23. The van der Waals surface area contributed by atoms with E-state index in [2.05, 4.69) is 15.6 Å². The van der Waals surface area contributed by atoms with E-state index in [1.165, 1.54) is 0 Å². The molecule has 2 aromatic rings. The molecule has 0 radical (unpaired) electrons. The first-order valence-corrected chi connectivity index (χ1v) is 12.5. The Morgan fingerprint density at radius 1 is 1.06 bits per heavy atom. The van der Waals surface area contributed by atoms with Crippen molar-refractivity contribution >= 4 is 23.4 Å². The van der Waals surface area contributed by atoms with Gasteiger partial charge in [0.1, 0.15) is 5.75 Å². The van der Waals surface area contributed by atoms with Crippen molar-refractivity contribution in [2.24, 2.45) is 23.2 Å². The summed E-state index contributed by atoms with van der Waals surface area (Å²) >= 11 is 5.96. The van der Waals surface area contributed by atoms with Gasteiger partial charge in [0.25, 0.3) is 5.91 Å². The number of carbonyl (C=O) groups excluding carboxylic acids is 2. The minimum atomic E-state index is -1.01. The van der Waals surface area contributed by atoms with Crippen LogP contribution < -0.4 is 15.4 Å². The summed E-state index contributed by atoms with van der Waals surface area (Å²) in [5, 5.41) is 7.13. The summed E-state index contributed by atoms with van der Waals surface area (Å²) in [6.07, 6.45) is 8.30. The van der Waals surface area contributed by atoms with Crippen LogP contribution in [-0.2, 0) is 16.1 Å². The summed E-state index contributed by atoms with van der Waals surface area (Å²) in [6, 6.07) is 11.0. The normalized spacial score (nSPS) is 29.5. The minimum Gasteiger partial charge on any atom is -0.478 e. The molecule has 4 saturated carbocycles. The predicted molar refractivity (Wildman–Crippen MR) is 130 cm³/mol. The number of benzene rings is 1. The summed E-state index contributed by atoms with van der Waals surface area (Å²) in [5.74, 6) is 1.88. The van der Waals surface area contributed by atoms with Gasteiger partial charge in [-0.3, -0.25) is 14.6 Å². The molecule has 0 spiro atoms. The van der Waals surface area contributed by atoms with Gasteiger partial charge in [0.15, 0.2) is 5.60 Å². The molecule has 1 heterocycles. The van der Waals surface area contributed by atoms with Crippen molar-refractivity contribution in [1.29, 1.82) is 0 Å². The van der Waals surface area contributed by atoms with Gasteiger partial charge in [-0.1, -0.05) is 11.6 Å². The van der Waals surface area contributed by atoms with Gasteiger partial charge >= 0.3 is 0 Å². The maximum absolute atomic E-state index is 13.3. The van der Waals surface area contributed by atoms with Gasteiger partial charge in [-0.25, -0.2) is 0 Å². The Morgan fingerprint density at radius 3 is 2.35 bits per heavy atom. The fraction of sp³-hybridized carbons (Fsp3) is 0.519. The van der Waals surface area contributed by atoms with E-state index in [0.29, 0.717) is 35.1 Å². The van der Waals surface area contributed by atoms with E-state index in [9.17, 15) is 9.59 Å². The summed E-state index contributed by atoms with van der Waals surface area (Å²) in [7, 11) is 0. The van der Waals surface area contributed by atoms with E-state index < -0.39 is 5.60 Å². The fourth-order valence-electron chi connectivity index (χ4n) is 6.58. The van der Waals surface area contributed by atoms with Crippen LogP contribution in [0.25, 0.3) is 0 Å². The standard InChI is InChI=1S/C27H32ClN3O3/c1-26(2,34-22-5-3-21(28)4-6-22)24(32)31-23-19-11-18-12-20(23)15-27(13-18,14-19)25(33)30-16-17-7-9-29-10-8-17/h3-10,18-20,23H,11-16H2,1-2H3,(H,30,33)(H,31,32)/t18?,19-,20?,23?,27?/m1/s1. The number of pyridine rings is 1. The van der Waals surface area contributed by atoms with Crippen LogP contribution >= 0.6 is 11.6 Å². The van der Waals surface area contributed by atoms with Crippen molar-refractivity contribution in [2.45, 2.75) is 64.1 Å². The summed E-state index contributed by atoms with van der Waals surface area (Å²) in [4.78, 5) is 30.6. The zero-order valence-corrected chi connectivity index (χ0v) is 20.5. The van der Waals surface area contributed by atoms with E-state index in [-0.39, 0.29) is 23.3 Å². The fourth-order valence-corrected chi connectivity index (χ4v) is 6.70. The van der Waals surface area contributed by atoms with Crippen LogP contribution in [0.15, 0.2) is 48.8 Å². The minimum absolute atomic E-state index is 0.0956. The average Bonchev–Trinajstić information content (AvgIpc) is 2.81. The third-order valence-electron chi connectivity index (χ3n) is 7.99. The molecule has 7 heteroatoms. The molecule has 2 N–H and O–H groups in total. The number of halogens is 1. The van der Waals surface area contributed by atoms with Gasteiger partial charge in [-0.15, -0.1) is 0 Å². The number of carbonyl (C=O) groups is 2. The van der Waals surface area contributed by atoms with Gasteiger partial charge in [0, 0.05) is 30.0 Å². The molecule has 1 aromatic carbocycles. The number of hydrogen-bond acceptors (Lipinski definition) is 4. The number of rotatable bonds is 7. The molecule has 6 nitrogen and oxygen atoms in total. The summed E-state index contributed by atoms with van der Waals surface area (Å²) in [6.45, 7) is 4.11. The maximum Gasteiger partial charge on any atom is 0.263 e. The molecule has 0 aliphatic heterocycles. The number of aromatic nitrogens is 1. The predicted octanol–water partition coefficient (Wildman–Crippen LogP) is 4.52. The number of amides is 2. The van der Waals surface area contributed by atoms with E-state index >= 15 is 0 Å². The van der Waals surface area contributed by atoms with E-state index in [1.54, 1.807) is 50.5 Å². The Labute approximate surface area is 205 Å². The van der Waals surface area contributed by atoms with Crippen molar-refractivity contribution in [2.75, 3.05) is 0 Å². The Hall–Kier alpha value is -2.60. The van der Waals surface area contributed by atoms with Crippen LogP contribution in [0.5, 0.6) is 5.75 Å². The van der Waals surface area contributed by atoms with Gasteiger partial charge in [0.2, 0.25) is 5.91 Å². The lowest BCUT2D eigenvalue weighted by atomic mass is 9.47. The molecule has 0 saturated heterocycles. The largest absolute Gasteiger partial charge is 0.478 e. The number of nitrogens with one attached hydrogen (secondary N) is 2. The molecule has 4 aliphatic carbocycles. The molecule has 4 unspecified atom stereocenters. The first kappa shape index (κ1) is 23.2. The second-order valence-corrected chi connectivity index (χ2v) is 11.3. The molecule has 5 atom stereocenters. The summed E-state index contributed by atoms with van der Waals surface area (Å²) in [5.41, 5.74) is -0.261. The molecule has 6 rings (SSSR count). The number of ether oxygens (including phenoxy) is 1. The van der Waals surface area contributed by atoms with Gasteiger partial charge in [0.05, 0.1) is 5.41 Å². The van der Waals surface area contributed by atoms with Crippen LogP contribution in [0.2, 0.25) is 5.02 Å². The SMILES string of the molecule is CC(C)(Oc1ccc(Cl)cc1)C(=O)NC1C2CC3C[C@@H]1CC(C(=O)NCc1ccncc1)(C3)C2. The van der Waals surface area contributed by atoms with Crippen LogP contribution in [0.1, 0.15) is 51.5 Å². The van der Waals surface area contributed by atoms with Crippen LogP contribution in [0.4, 0.5) is 0 Å². The third kappa shape index (κ3) is 4.52. The van der Waals surface area contributed by atoms with E-state index in [1.807, 2.05) is 12.1 Å². The third-order valence-corrected chi connectivity index (χ3v) is 8.24. The molecule has 4 fully saturated rings. The van der Waals surface area contributed by atoms with Crippen LogP contribution in [-0.4, -0.2) is 28.4 Å². The molecular weight excluding hydrogens is 450 g/mol. The zero-order valence-electron chi connectivity index (χ0n) is 19.7. The first-order valence-electron chi connectivity index (χ1n) is 12.2. The number of hydrogen-bond donors (Lipinski definition) is 2. The molecular formula is C27H32ClN3O3. The molecule has 1 aromatic heterocycles. The molecule has 4 aliphatic rings. The van der Waals surface area contributed by atoms with Crippen LogP contribution in [0.3, 0.4) is 0 Å². The van der Waals surface area contributed by atoms with Crippen molar-refractivity contribution in [3.8, 4) is 5.75 Å². The monoisotopic (exact) mass is 481 g/mol. The van der Waals surface area contributed by atoms with Gasteiger partial charge < -0.3 is 15.4 Å². The highest BCUT2D eigenvalue weighted by molar-refractivity contribution is 6.30. The quantitative estimate of drug-likeness (QED) is 0.609. The second-order valence-electron chi connectivity index (χ2n) is 10.9. The van der Waals surface area contributed by atoms with E-state index in [4.69, 9.17) is 16.3 Å². The lowest BCUT2D eigenvalue weighted by Gasteiger charge is -2.59. The molecule has 4 bridgehead atoms. The highest BCUT2D eigenvalue weighted by Crippen LogP contribution is 2.60. The number of nitrogens with zero attached hydrogens (tertiary/aromatic N) is 1. The Morgan fingerprint density at radius 2 is 1.71 bits per heavy atom. The lowest BCUT2D eigenvalue weighted by Crippen LogP contribution is -2.64. The summed E-state index contributed by atoms with van der Waals surface area (Å²) < 4.78 is 6.00. The van der Waals surface area contributed by atoms with Crippen molar-refractivity contribution in [3.05, 3.63) is 59.4 Å². The van der Waals surface area contributed by atoms with E-state index in [0.717, 1.165) is 37.7 Å². The smallest absolute Gasteiger partial charge is 0.263 e. The maximum atomic E-state index is 13.3. The highest BCUT2D eigenvalue weighted by atomic mass is 35.5. The van der Waals surface area contributed by atoms with Crippen molar-refractivity contribution in [1.82, 2.24) is 15.6 Å².